The van der Waals surface area contributed by atoms with E-state index < -0.39 is 0 Å². The molecule has 0 aliphatic carbocycles. The number of aromatic amines is 1. The molecule has 0 saturated heterocycles. The number of rotatable bonds is 5. The molecule has 3 aromatic carbocycles. The topological polar surface area (TPSA) is 63.8 Å². The van der Waals surface area contributed by atoms with E-state index in [0.717, 1.165) is 33.8 Å². The van der Waals surface area contributed by atoms with Crippen molar-refractivity contribution in [3.8, 4) is 28.2 Å². The molecule has 5 rings (SSSR count). The van der Waals surface area contributed by atoms with Gasteiger partial charge in [0.2, 0.25) is 4.77 Å². The molecule has 0 radical (unpaired) electrons. The van der Waals surface area contributed by atoms with Gasteiger partial charge in [-0.1, -0.05) is 72.8 Å². The summed E-state index contributed by atoms with van der Waals surface area (Å²) in [5.41, 5.74) is 6.07. The van der Waals surface area contributed by atoms with E-state index in [-0.39, 0.29) is 0 Å². The van der Waals surface area contributed by atoms with Crippen molar-refractivity contribution in [3.63, 3.8) is 0 Å². The van der Waals surface area contributed by atoms with E-state index in [1.165, 1.54) is 11.0 Å². The Hall–Kier alpha value is -4.10. The van der Waals surface area contributed by atoms with E-state index in [9.17, 15) is 0 Å². The third-order valence-corrected chi connectivity index (χ3v) is 5.13. The lowest BCUT2D eigenvalue weighted by Gasteiger charge is -2.08. The number of hydrogen-bond acceptors (Lipinski definition) is 4. The Balaban J connectivity index is 1.53. The SMILES string of the molecule is S=c1[nH]ncn1/N=C\c1ccc(-n2nc(-c3ccccc3)cc2-c2ccccc2)cc1. The summed E-state index contributed by atoms with van der Waals surface area (Å²) < 4.78 is 3.94. The number of nitrogens with zero attached hydrogens (tertiary/aromatic N) is 5. The van der Waals surface area contributed by atoms with Crippen LogP contribution in [0.3, 0.4) is 0 Å². The Morgan fingerprint density at radius 2 is 1.52 bits per heavy atom. The van der Waals surface area contributed by atoms with Crippen molar-refractivity contribution in [3.05, 3.63) is 108 Å². The summed E-state index contributed by atoms with van der Waals surface area (Å²) in [5.74, 6) is 0. The summed E-state index contributed by atoms with van der Waals surface area (Å²) in [7, 11) is 0. The number of aromatic nitrogens is 5. The Morgan fingerprint density at radius 1 is 0.839 bits per heavy atom. The summed E-state index contributed by atoms with van der Waals surface area (Å²) >= 11 is 5.11. The number of nitrogens with one attached hydrogen (secondary N) is 1. The molecule has 31 heavy (non-hydrogen) atoms. The summed E-state index contributed by atoms with van der Waals surface area (Å²) in [6, 6.07) is 30.7. The molecule has 0 aliphatic rings. The molecule has 5 aromatic rings. The lowest BCUT2D eigenvalue weighted by atomic mass is 10.1. The van der Waals surface area contributed by atoms with Crippen LogP contribution in [0.15, 0.2) is 102 Å². The molecule has 2 heterocycles. The lowest BCUT2D eigenvalue weighted by molar-refractivity contribution is 0.862. The maximum atomic E-state index is 5.11. The van der Waals surface area contributed by atoms with Crippen molar-refractivity contribution in [1.29, 1.82) is 0 Å². The van der Waals surface area contributed by atoms with Crippen LogP contribution in [0, 0.1) is 4.77 Å². The van der Waals surface area contributed by atoms with Gasteiger partial charge in [-0.3, -0.25) is 5.10 Å². The van der Waals surface area contributed by atoms with Gasteiger partial charge in [0, 0.05) is 11.1 Å². The van der Waals surface area contributed by atoms with E-state index in [0.29, 0.717) is 4.77 Å². The van der Waals surface area contributed by atoms with Crippen LogP contribution < -0.4 is 0 Å². The van der Waals surface area contributed by atoms with Gasteiger partial charge in [-0.15, -0.1) is 0 Å². The zero-order valence-electron chi connectivity index (χ0n) is 16.5. The van der Waals surface area contributed by atoms with Crippen LogP contribution in [0.2, 0.25) is 0 Å². The van der Waals surface area contributed by atoms with E-state index in [1.807, 2.05) is 65.3 Å². The number of H-pyrrole nitrogens is 1. The summed E-state index contributed by atoms with van der Waals surface area (Å²) in [5, 5.41) is 15.8. The van der Waals surface area contributed by atoms with Crippen LogP contribution in [0.25, 0.3) is 28.2 Å². The number of hydrogen-bond donors (Lipinski definition) is 1. The van der Waals surface area contributed by atoms with Gasteiger partial charge >= 0.3 is 0 Å². The van der Waals surface area contributed by atoms with Gasteiger partial charge in [0.1, 0.15) is 6.33 Å². The van der Waals surface area contributed by atoms with Crippen LogP contribution in [-0.4, -0.2) is 30.9 Å². The smallest absolute Gasteiger partial charge is 0.216 e. The Morgan fingerprint density at radius 3 is 2.16 bits per heavy atom. The monoisotopic (exact) mass is 422 g/mol. The zero-order valence-corrected chi connectivity index (χ0v) is 17.3. The Labute approximate surface area is 184 Å². The molecule has 2 aromatic heterocycles. The second-order valence-corrected chi connectivity index (χ2v) is 7.29. The molecule has 0 amide bonds. The first kappa shape index (κ1) is 18.9. The molecule has 0 fully saturated rings. The highest BCUT2D eigenvalue weighted by atomic mass is 32.1. The molecular formula is C24H18N6S. The van der Waals surface area contributed by atoms with Gasteiger partial charge in [-0.25, -0.2) is 4.68 Å². The highest BCUT2D eigenvalue weighted by molar-refractivity contribution is 7.71. The molecule has 0 unspecified atom stereocenters. The standard InChI is InChI=1S/C24H18N6S/c31-24-27-25-17-29(24)26-16-18-11-13-21(14-12-18)30-23(20-9-5-2-6-10-20)15-22(28-30)19-7-3-1-4-8-19/h1-17H,(H,27,31)/b26-16-. The fourth-order valence-corrected chi connectivity index (χ4v) is 3.44. The largest absolute Gasteiger partial charge is 0.250 e. The molecule has 0 aliphatic heterocycles. The normalized spacial score (nSPS) is 11.2. The first-order valence-electron chi connectivity index (χ1n) is 9.76. The van der Waals surface area contributed by atoms with Crippen LogP contribution in [0.4, 0.5) is 0 Å². The summed E-state index contributed by atoms with van der Waals surface area (Å²) in [6.07, 6.45) is 3.28. The molecule has 150 valence electrons. The van der Waals surface area contributed by atoms with E-state index in [4.69, 9.17) is 17.3 Å². The first-order chi connectivity index (χ1) is 15.3. The van der Waals surface area contributed by atoms with E-state index in [1.54, 1.807) is 6.21 Å². The Kier molecular flexibility index (Phi) is 5.08. The van der Waals surface area contributed by atoms with Gasteiger partial charge in [0.15, 0.2) is 0 Å². The average Bonchev–Trinajstić information content (AvgIpc) is 3.46. The molecule has 0 saturated carbocycles. The van der Waals surface area contributed by atoms with E-state index in [2.05, 4.69) is 45.6 Å². The molecule has 0 bridgehead atoms. The van der Waals surface area contributed by atoms with Crippen LogP contribution in [0.1, 0.15) is 5.56 Å². The van der Waals surface area contributed by atoms with Crippen LogP contribution in [0.5, 0.6) is 0 Å². The molecule has 7 heteroatoms. The predicted octanol–water partition coefficient (Wildman–Crippen LogP) is 5.34. The lowest BCUT2D eigenvalue weighted by Crippen LogP contribution is -1.99. The van der Waals surface area contributed by atoms with Crippen molar-refractivity contribution in [2.45, 2.75) is 0 Å². The third-order valence-electron chi connectivity index (χ3n) is 4.85. The minimum Gasteiger partial charge on any atom is -0.250 e. The van der Waals surface area contributed by atoms with Crippen LogP contribution in [-0.2, 0) is 0 Å². The summed E-state index contributed by atoms with van der Waals surface area (Å²) in [6.45, 7) is 0. The van der Waals surface area contributed by atoms with Crippen molar-refractivity contribution in [2.75, 3.05) is 0 Å². The molecule has 0 atom stereocenters. The van der Waals surface area contributed by atoms with Crippen molar-refractivity contribution < 1.29 is 0 Å². The number of benzene rings is 3. The molecular weight excluding hydrogens is 404 g/mol. The quantitative estimate of drug-likeness (QED) is 0.307. The second kappa shape index (κ2) is 8.33. The van der Waals surface area contributed by atoms with Gasteiger partial charge in [0.05, 0.1) is 23.3 Å². The van der Waals surface area contributed by atoms with Gasteiger partial charge in [-0.05, 0) is 36.0 Å². The predicted molar refractivity (Wildman–Crippen MR) is 125 cm³/mol. The fourth-order valence-electron chi connectivity index (χ4n) is 3.30. The highest BCUT2D eigenvalue weighted by Crippen LogP contribution is 2.28. The molecule has 1 N–H and O–H groups in total. The van der Waals surface area contributed by atoms with Gasteiger partial charge < -0.3 is 0 Å². The molecule has 6 nitrogen and oxygen atoms in total. The highest BCUT2D eigenvalue weighted by Gasteiger charge is 2.12. The van der Waals surface area contributed by atoms with Crippen molar-refractivity contribution in [2.24, 2.45) is 5.10 Å². The van der Waals surface area contributed by atoms with Crippen molar-refractivity contribution in [1.82, 2.24) is 24.7 Å². The average molecular weight is 423 g/mol. The fraction of sp³-hybridized carbons (Fsp3) is 0. The van der Waals surface area contributed by atoms with Gasteiger partial charge in [-0.2, -0.15) is 20.0 Å². The third kappa shape index (κ3) is 3.99. The Bertz CT molecular complexity index is 1380. The van der Waals surface area contributed by atoms with Gasteiger partial charge in [0.25, 0.3) is 0 Å². The summed E-state index contributed by atoms with van der Waals surface area (Å²) in [4.78, 5) is 0. The maximum absolute atomic E-state index is 5.11. The van der Waals surface area contributed by atoms with Crippen LogP contribution >= 0.6 is 12.2 Å². The first-order valence-corrected chi connectivity index (χ1v) is 10.2. The second-order valence-electron chi connectivity index (χ2n) is 6.90. The van der Waals surface area contributed by atoms with E-state index >= 15 is 0 Å². The zero-order chi connectivity index (χ0) is 21.0. The van der Waals surface area contributed by atoms with Crippen molar-refractivity contribution >= 4 is 18.4 Å². The molecule has 0 spiro atoms. The maximum Gasteiger partial charge on any atom is 0.216 e. The minimum absolute atomic E-state index is 0.449. The minimum atomic E-state index is 0.449.